The fourth-order valence-corrected chi connectivity index (χ4v) is 2.03. The Morgan fingerprint density at radius 3 is 2.94 bits per heavy atom. The second kappa shape index (κ2) is 8.13. The van der Waals surface area contributed by atoms with Gasteiger partial charge in [0, 0.05) is 23.7 Å². The number of amides is 1. The lowest BCUT2D eigenvalue weighted by Crippen LogP contribution is -2.29. The van der Waals surface area contributed by atoms with E-state index in [0.717, 1.165) is 10.6 Å². The van der Waals surface area contributed by atoms with Crippen LogP contribution >= 0.6 is 11.8 Å². The lowest BCUT2D eigenvalue weighted by atomic mass is 10.2. The summed E-state index contributed by atoms with van der Waals surface area (Å²) >= 11 is 1.64. The van der Waals surface area contributed by atoms with Gasteiger partial charge in [-0.05, 0) is 31.4 Å². The molecule has 0 aliphatic heterocycles. The summed E-state index contributed by atoms with van der Waals surface area (Å²) in [4.78, 5) is 12.9. The van der Waals surface area contributed by atoms with Gasteiger partial charge in [-0.25, -0.2) is 0 Å². The first-order chi connectivity index (χ1) is 8.69. The molecule has 0 saturated heterocycles. The van der Waals surface area contributed by atoms with E-state index in [2.05, 4.69) is 5.32 Å². The van der Waals surface area contributed by atoms with Crippen molar-refractivity contribution in [3.8, 4) is 0 Å². The van der Waals surface area contributed by atoms with Crippen LogP contribution in [0.25, 0.3) is 0 Å². The van der Waals surface area contributed by atoms with Crippen molar-refractivity contribution in [1.82, 2.24) is 0 Å². The molecule has 100 valence electrons. The number of hydrogen-bond donors (Lipinski definition) is 2. The van der Waals surface area contributed by atoms with E-state index < -0.39 is 0 Å². The van der Waals surface area contributed by atoms with Crippen LogP contribution < -0.4 is 11.1 Å². The van der Waals surface area contributed by atoms with Crippen molar-refractivity contribution in [1.29, 1.82) is 0 Å². The topological polar surface area (TPSA) is 64.3 Å². The Labute approximate surface area is 112 Å². The van der Waals surface area contributed by atoms with Crippen molar-refractivity contribution in [2.24, 2.45) is 5.73 Å². The molecule has 0 bridgehead atoms. The van der Waals surface area contributed by atoms with Gasteiger partial charge in [0.25, 0.3) is 0 Å². The summed E-state index contributed by atoms with van der Waals surface area (Å²) in [6.07, 6.45) is 2.08. The predicted octanol–water partition coefficient (Wildman–Crippen LogP) is 2.10. The van der Waals surface area contributed by atoms with Gasteiger partial charge in [-0.1, -0.05) is 6.07 Å². The van der Waals surface area contributed by atoms with Crippen LogP contribution in [0.4, 0.5) is 5.69 Å². The van der Waals surface area contributed by atoms with Crippen LogP contribution in [0.1, 0.15) is 13.3 Å². The van der Waals surface area contributed by atoms with Crippen molar-refractivity contribution in [3.05, 3.63) is 24.3 Å². The number of anilines is 1. The fraction of sp³-hybridized carbons (Fsp3) is 0.462. The molecule has 1 atom stereocenters. The van der Waals surface area contributed by atoms with Crippen molar-refractivity contribution in [2.45, 2.75) is 24.3 Å². The first-order valence-electron chi connectivity index (χ1n) is 5.95. The van der Waals surface area contributed by atoms with E-state index >= 15 is 0 Å². The van der Waals surface area contributed by atoms with Gasteiger partial charge in [0.1, 0.15) is 0 Å². The van der Waals surface area contributed by atoms with E-state index in [9.17, 15) is 4.79 Å². The number of nitrogens with two attached hydrogens (primary N) is 1. The van der Waals surface area contributed by atoms with Crippen LogP contribution in [-0.2, 0) is 9.53 Å². The summed E-state index contributed by atoms with van der Waals surface area (Å²) in [5.41, 5.74) is 6.34. The smallest absolute Gasteiger partial charge is 0.227 e. The third kappa shape index (κ3) is 5.08. The van der Waals surface area contributed by atoms with E-state index in [0.29, 0.717) is 13.2 Å². The lowest BCUT2D eigenvalue weighted by molar-refractivity contribution is -0.118. The summed E-state index contributed by atoms with van der Waals surface area (Å²) in [5, 5.41) is 2.85. The molecule has 1 unspecified atom stereocenters. The molecule has 5 heteroatoms. The first kappa shape index (κ1) is 15.0. The number of thioether (sulfide) groups is 1. The summed E-state index contributed by atoms with van der Waals surface area (Å²) in [5.74, 6) is -0.0721. The summed E-state index contributed by atoms with van der Waals surface area (Å²) in [6, 6.07) is 7.74. The monoisotopic (exact) mass is 268 g/mol. The minimum Gasteiger partial charge on any atom is -0.377 e. The van der Waals surface area contributed by atoms with Gasteiger partial charge in [0.2, 0.25) is 5.91 Å². The van der Waals surface area contributed by atoms with Gasteiger partial charge in [-0.15, -0.1) is 11.8 Å². The van der Waals surface area contributed by atoms with Crippen LogP contribution in [0.3, 0.4) is 0 Å². The first-order valence-corrected chi connectivity index (χ1v) is 7.17. The molecule has 0 aliphatic carbocycles. The van der Waals surface area contributed by atoms with Crippen LogP contribution in [-0.4, -0.2) is 31.4 Å². The zero-order chi connectivity index (χ0) is 13.4. The molecular weight excluding hydrogens is 248 g/mol. The molecule has 0 fully saturated rings. The highest BCUT2D eigenvalue weighted by Crippen LogP contribution is 2.19. The highest BCUT2D eigenvalue weighted by atomic mass is 32.2. The Morgan fingerprint density at radius 1 is 1.56 bits per heavy atom. The average molecular weight is 268 g/mol. The fourth-order valence-electron chi connectivity index (χ4n) is 1.57. The number of benzene rings is 1. The van der Waals surface area contributed by atoms with Crippen LogP contribution in [0.15, 0.2) is 29.2 Å². The van der Waals surface area contributed by atoms with E-state index in [1.165, 1.54) is 0 Å². The van der Waals surface area contributed by atoms with E-state index in [1.807, 2.05) is 37.4 Å². The van der Waals surface area contributed by atoms with Gasteiger partial charge in [-0.2, -0.15) is 0 Å². The molecule has 0 heterocycles. The molecule has 0 radical (unpaired) electrons. The van der Waals surface area contributed by atoms with Crippen LogP contribution in [0, 0.1) is 0 Å². The zero-order valence-electron chi connectivity index (χ0n) is 10.8. The molecule has 0 spiro atoms. The number of hydrogen-bond acceptors (Lipinski definition) is 4. The highest BCUT2D eigenvalue weighted by molar-refractivity contribution is 7.98. The van der Waals surface area contributed by atoms with Crippen molar-refractivity contribution >= 4 is 23.4 Å². The molecule has 0 saturated carbocycles. The maximum absolute atomic E-state index is 11.8. The maximum atomic E-state index is 11.8. The average Bonchev–Trinajstić information content (AvgIpc) is 2.38. The molecule has 0 aromatic heterocycles. The normalized spacial score (nSPS) is 12.2. The van der Waals surface area contributed by atoms with E-state index in [-0.39, 0.29) is 18.4 Å². The molecule has 0 aliphatic rings. The van der Waals surface area contributed by atoms with Gasteiger partial charge in [-0.3, -0.25) is 4.79 Å². The molecule has 1 aromatic rings. The number of ether oxygens (including phenoxy) is 1. The quantitative estimate of drug-likeness (QED) is 0.743. The van der Waals surface area contributed by atoms with Crippen LogP contribution in [0.5, 0.6) is 0 Å². The number of rotatable bonds is 7. The van der Waals surface area contributed by atoms with Crippen molar-refractivity contribution in [2.75, 3.05) is 24.7 Å². The molecule has 4 nitrogen and oxygen atoms in total. The third-order valence-corrected chi connectivity index (χ3v) is 3.16. The predicted molar refractivity (Wildman–Crippen MR) is 75.9 cm³/mol. The zero-order valence-corrected chi connectivity index (χ0v) is 11.6. The SMILES string of the molecule is CCOC(CN)CC(=O)Nc1cccc(SC)c1. The molecule has 3 N–H and O–H groups in total. The maximum Gasteiger partial charge on any atom is 0.227 e. The Morgan fingerprint density at radius 2 is 2.33 bits per heavy atom. The Balaban J connectivity index is 2.52. The van der Waals surface area contributed by atoms with E-state index in [4.69, 9.17) is 10.5 Å². The second-order valence-electron chi connectivity index (χ2n) is 3.80. The lowest BCUT2D eigenvalue weighted by Gasteiger charge is -2.14. The minimum atomic E-state index is -0.210. The van der Waals surface area contributed by atoms with Crippen LogP contribution in [0.2, 0.25) is 0 Å². The molecule has 1 amide bonds. The molecule has 18 heavy (non-hydrogen) atoms. The Hall–Kier alpha value is -1.04. The van der Waals surface area contributed by atoms with Crippen molar-refractivity contribution in [3.63, 3.8) is 0 Å². The number of nitrogens with one attached hydrogen (secondary N) is 1. The highest BCUT2D eigenvalue weighted by Gasteiger charge is 2.12. The van der Waals surface area contributed by atoms with Crippen molar-refractivity contribution < 1.29 is 9.53 Å². The minimum absolute atomic E-state index is 0.0721. The number of carbonyl (C=O) groups excluding carboxylic acids is 1. The van der Waals surface area contributed by atoms with E-state index in [1.54, 1.807) is 11.8 Å². The second-order valence-corrected chi connectivity index (χ2v) is 4.68. The summed E-state index contributed by atoms with van der Waals surface area (Å²) < 4.78 is 5.35. The third-order valence-electron chi connectivity index (χ3n) is 2.43. The molecule has 1 rings (SSSR count). The Kier molecular flexibility index (Phi) is 6.78. The molecule has 1 aromatic carbocycles. The summed E-state index contributed by atoms with van der Waals surface area (Å²) in [7, 11) is 0. The summed E-state index contributed by atoms with van der Waals surface area (Å²) in [6.45, 7) is 2.81. The van der Waals surface area contributed by atoms with Gasteiger partial charge in [0.05, 0.1) is 12.5 Å². The largest absolute Gasteiger partial charge is 0.377 e. The van der Waals surface area contributed by atoms with Gasteiger partial charge >= 0.3 is 0 Å². The Bertz CT molecular complexity index is 385. The number of carbonyl (C=O) groups is 1. The van der Waals surface area contributed by atoms with Gasteiger partial charge < -0.3 is 15.8 Å². The van der Waals surface area contributed by atoms with Gasteiger partial charge in [0.15, 0.2) is 0 Å². The standard InChI is InChI=1S/C13H20N2O2S/c1-3-17-11(9-14)8-13(16)15-10-5-4-6-12(7-10)18-2/h4-7,11H,3,8-9,14H2,1-2H3,(H,15,16). The molecular formula is C13H20N2O2S.